The van der Waals surface area contributed by atoms with Crippen LogP contribution >= 0.6 is 0 Å². The molecule has 0 aliphatic carbocycles. The highest BCUT2D eigenvalue weighted by Gasteiger charge is 2.44. The number of hydrogen-bond donors (Lipinski definition) is 0. The number of anilines is 1. The third-order valence-electron chi connectivity index (χ3n) is 5.77. The Morgan fingerprint density at radius 2 is 2.11 bits per heavy atom. The lowest BCUT2D eigenvalue weighted by Gasteiger charge is -2.25. The van der Waals surface area contributed by atoms with Gasteiger partial charge in [0.05, 0.1) is 23.7 Å². The maximum absolute atomic E-state index is 13.0. The molecule has 2 unspecified atom stereocenters. The van der Waals surface area contributed by atoms with Gasteiger partial charge < -0.3 is 14.3 Å². The Morgan fingerprint density at radius 3 is 2.79 bits per heavy atom. The number of aromatic nitrogens is 2. The van der Waals surface area contributed by atoms with E-state index in [1.807, 2.05) is 16.7 Å². The molecule has 2 atom stereocenters. The molecule has 1 amide bonds. The van der Waals surface area contributed by atoms with Crippen LogP contribution in [-0.4, -0.2) is 46.6 Å². The predicted octanol–water partition coefficient (Wildman–Crippen LogP) is 2.99. The fourth-order valence-electron chi connectivity index (χ4n) is 4.23. The van der Waals surface area contributed by atoms with Gasteiger partial charge in [0.1, 0.15) is 11.6 Å². The molecule has 9 heteroatoms. The summed E-state index contributed by atoms with van der Waals surface area (Å²) in [5.74, 6) is 1.19. The first kappa shape index (κ1) is 18.8. The van der Waals surface area contributed by atoms with E-state index in [1.165, 1.54) is 6.20 Å². The Kier molecular flexibility index (Phi) is 4.55. The van der Waals surface area contributed by atoms with Crippen molar-refractivity contribution in [3.63, 3.8) is 0 Å². The van der Waals surface area contributed by atoms with E-state index in [4.69, 9.17) is 4.52 Å². The number of hydrogen-bond acceptors (Lipinski definition) is 5. The third-order valence-corrected chi connectivity index (χ3v) is 5.77. The molecule has 0 saturated carbocycles. The third kappa shape index (κ3) is 3.33. The minimum absolute atomic E-state index is 0.000696. The fraction of sp³-hybridized carbons (Fsp3) is 0.526. The standard InChI is InChI=1S/C19H21F3N4O2/c1-11-15(12(2)28-24-11)8-18(27)26-6-4-13-9-25(10-16(13)26)17-7-14(3-5-23-17)19(20,21)22/h3,5,7,13,16H,4,6,8-10H2,1-2H3. The maximum atomic E-state index is 13.0. The van der Waals surface area contributed by atoms with E-state index in [9.17, 15) is 18.0 Å². The Hall–Kier alpha value is -2.58. The molecular formula is C19H21F3N4O2. The summed E-state index contributed by atoms with van der Waals surface area (Å²) in [5, 5.41) is 3.89. The van der Waals surface area contributed by atoms with E-state index in [0.717, 1.165) is 24.1 Å². The lowest BCUT2D eigenvalue weighted by Crippen LogP contribution is -2.40. The number of aryl methyl sites for hydroxylation is 2. The quantitative estimate of drug-likeness (QED) is 0.801. The van der Waals surface area contributed by atoms with Crippen molar-refractivity contribution < 1.29 is 22.5 Å². The topological polar surface area (TPSA) is 62.5 Å². The Morgan fingerprint density at radius 1 is 1.32 bits per heavy atom. The molecule has 0 radical (unpaired) electrons. The molecule has 150 valence electrons. The highest BCUT2D eigenvalue weighted by molar-refractivity contribution is 5.80. The van der Waals surface area contributed by atoms with Crippen molar-refractivity contribution in [3.05, 3.63) is 40.9 Å². The lowest BCUT2D eigenvalue weighted by atomic mass is 10.0. The van der Waals surface area contributed by atoms with Crippen molar-refractivity contribution in [1.29, 1.82) is 0 Å². The molecular weight excluding hydrogens is 373 g/mol. The minimum Gasteiger partial charge on any atom is -0.361 e. The molecule has 2 aliphatic heterocycles. The van der Waals surface area contributed by atoms with Crippen LogP contribution in [0.25, 0.3) is 0 Å². The monoisotopic (exact) mass is 394 g/mol. The fourth-order valence-corrected chi connectivity index (χ4v) is 4.23. The summed E-state index contributed by atoms with van der Waals surface area (Å²) in [6.45, 7) is 5.36. The molecule has 28 heavy (non-hydrogen) atoms. The van der Waals surface area contributed by atoms with Crippen LogP contribution in [-0.2, 0) is 17.4 Å². The number of amides is 1. The Balaban J connectivity index is 1.48. The molecule has 0 N–H and O–H groups in total. The van der Waals surface area contributed by atoms with Crippen molar-refractivity contribution >= 4 is 11.7 Å². The summed E-state index contributed by atoms with van der Waals surface area (Å²) in [4.78, 5) is 20.7. The molecule has 6 nitrogen and oxygen atoms in total. The highest BCUT2D eigenvalue weighted by Crippen LogP contribution is 2.36. The number of carbonyl (C=O) groups excluding carboxylic acids is 1. The van der Waals surface area contributed by atoms with Crippen LogP contribution < -0.4 is 4.90 Å². The van der Waals surface area contributed by atoms with Crippen molar-refractivity contribution in [1.82, 2.24) is 15.0 Å². The number of nitrogens with zero attached hydrogens (tertiary/aromatic N) is 4. The zero-order valence-electron chi connectivity index (χ0n) is 15.7. The van der Waals surface area contributed by atoms with Gasteiger partial charge in [-0.05, 0) is 32.4 Å². The SMILES string of the molecule is Cc1noc(C)c1CC(=O)N1CCC2CN(c3cc(C(F)(F)F)ccn3)CC21. The number of likely N-dealkylation sites (tertiary alicyclic amines) is 1. The van der Waals surface area contributed by atoms with E-state index in [-0.39, 0.29) is 24.3 Å². The summed E-state index contributed by atoms with van der Waals surface area (Å²) >= 11 is 0. The van der Waals surface area contributed by atoms with Crippen LogP contribution in [0, 0.1) is 19.8 Å². The number of alkyl halides is 3. The van der Waals surface area contributed by atoms with E-state index in [1.54, 1.807) is 6.92 Å². The highest BCUT2D eigenvalue weighted by atomic mass is 19.4. The molecule has 4 rings (SSSR count). The minimum atomic E-state index is -4.40. The van der Waals surface area contributed by atoms with Gasteiger partial charge in [-0.1, -0.05) is 5.16 Å². The zero-order chi connectivity index (χ0) is 20.1. The van der Waals surface area contributed by atoms with Crippen LogP contribution in [0.3, 0.4) is 0 Å². The number of pyridine rings is 1. The van der Waals surface area contributed by atoms with Gasteiger partial charge in [0, 0.05) is 37.3 Å². The molecule has 2 aromatic heterocycles. The average molecular weight is 394 g/mol. The van der Waals surface area contributed by atoms with Crippen molar-refractivity contribution in [2.45, 2.75) is 38.9 Å². The van der Waals surface area contributed by atoms with Gasteiger partial charge in [-0.2, -0.15) is 13.2 Å². The number of halogens is 3. The first-order valence-corrected chi connectivity index (χ1v) is 9.23. The second-order valence-electron chi connectivity index (χ2n) is 7.49. The molecule has 2 aliphatic rings. The van der Waals surface area contributed by atoms with Crippen molar-refractivity contribution in [3.8, 4) is 0 Å². The van der Waals surface area contributed by atoms with Gasteiger partial charge in [0.25, 0.3) is 0 Å². The van der Waals surface area contributed by atoms with Crippen LogP contribution in [0.5, 0.6) is 0 Å². The van der Waals surface area contributed by atoms with Gasteiger partial charge in [-0.25, -0.2) is 4.98 Å². The maximum Gasteiger partial charge on any atom is 0.416 e. The summed E-state index contributed by atoms with van der Waals surface area (Å²) in [5.41, 5.74) is 0.812. The van der Waals surface area contributed by atoms with E-state index < -0.39 is 11.7 Å². The Bertz CT molecular complexity index is 876. The first-order chi connectivity index (χ1) is 13.2. The van der Waals surface area contributed by atoms with Gasteiger partial charge in [-0.15, -0.1) is 0 Å². The van der Waals surface area contributed by atoms with Crippen LogP contribution in [0.15, 0.2) is 22.9 Å². The van der Waals surface area contributed by atoms with Crippen LogP contribution in [0.4, 0.5) is 19.0 Å². The van der Waals surface area contributed by atoms with Crippen molar-refractivity contribution in [2.75, 3.05) is 24.5 Å². The number of carbonyl (C=O) groups is 1. The predicted molar refractivity (Wildman–Crippen MR) is 94.7 cm³/mol. The van der Waals surface area contributed by atoms with E-state index >= 15 is 0 Å². The zero-order valence-corrected chi connectivity index (χ0v) is 15.7. The molecule has 4 heterocycles. The van der Waals surface area contributed by atoms with Gasteiger partial charge >= 0.3 is 6.18 Å². The molecule has 0 spiro atoms. The number of rotatable bonds is 3. The average Bonchev–Trinajstić information content (AvgIpc) is 3.31. The lowest BCUT2D eigenvalue weighted by molar-refractivity contribution is -0.137. The molecule has 2 aromatic rings. The summed E-state index contributed by atoms with van der Waals surface area (Å²) in [6, 6.07) is 2.04. The van der Waals surface area contributed by atoms with Crippen molar-refractivity contribution in [2.24, 2.45) is 5.92 Å². The smallest absolute Gasteiger partial charge is 0.361 e. The van der Waals surface area contributed by atoms with Crippen LogP contribution in [0.1, 0.15) is 29.0 Å². The summed E-state index contributed by atoms with van der Waals surface area (Å²) in [7, 11) is 0. The van der Waals surface area contributed by atoms with E-state index in [2.05, 4.69) is 10.1 Å². The second-order valence-corrected chi connectivity index (χ2v) is 7.49. The van der Waals surface area contributed by atoms with Crippen LogP contribution in [0.2, 0.25) is 0 Å². The molecule has 0 bridgehead atoms. The van der Waals surface area contributed by atoms with Gasteiger partial charge in [0.15, 0.2) is 0 Å². The first-order valence-electron chi connectivity index (χ1n) is 9.23. The second kappa shape index (κ2) is 6.79. The largest absolute Gasteiger partial charge is 0.416 e. The molecule has 2 fully saturated rings. The number of fused-ring (bicyclic) bond motifs is 1. The van der Waals surface area contributed by atoms with Gasteiger partial charge in [-0.3, -0.25) is 4.79 Å². The Labute approximate surface area is 160 Å². The molecule has 0 aromatic carbocycles. The van der Waals surface area contributed by atoms with E-state index in [0.29, 0.717) is 36.9 Å². The summed E-state index contributed by atoms with van der Waals surface area (Å²) in [6.07, 6.45) is -2.14. The summed E-state index contributed by atoms with van der Waals surface area (Å²) < 4.78 is 44.1. The van der Waals surface area contributed by atoms with Gasteiger partial charge in [0.2, 0.25) is 5.91 Å². The molecule has 2 saturated heterocycles. The normalized spacial score (nSPS) is 22.0.